The van der Waals surface area contributed by atoms with Crippen molar-refractivity contribution in [2.45, 2.75) is 128 Å². The Hall–Kier alpha value is -3.68. The van der Waals surface area contributed by atoms with Crippen molar-refractivity contribution in [2.24, 2.45) is 22.4 Å². The highest BCUT2D eigenvalue weighted by molar-refractivity contribution is 6.38. The van der Waals surface area contributed by atoms with Crippen LogP contribution in [0.2, 0.25) is 5.02 Å². The van der Waals surface area contributed by atoms with E-state index >= 15 is 0 Å². The molecule has 4 atom stereocenters. The van der Waals surface area contributed by atoms with Gasteiger partial charge in [-0.05, 0) is 48.6 Å². The maximum Gasteiger partial charge on any atom is 0.405 e. The minimum Gasteiger partial charge on any atom is -0.387 e. The van der Waals surface area contributed by atoms with E-state index in [0.717, 1.165) is 51.4 Å². The fourth-order valence-corrected chi connectivity index (χ4v) is 7.82. The van der Waals surface area contributed by atoms with E-state index in [1.807, 2.05) is 26.8 Å². The quantitative estimate of drug-likeness (QED) is 0.250. The van der Waals surface area contributed by atoms with Crippen molar-refractivity contribution in [3.05, 3.63) is 34.9 Å². The predicted molar refractivity (Wildman–Crippen MR) is 187 cm³/mol. The number of carbonyl (C=O) groups is 5. The molecule has 5 rings (SSSR count). The Balaban J connectivity index is 1.39. The number of alkyl halides is 3. The van der Waals surface area contributed by atoms with E-state index in [4.69, 9.17) is 16.4 Å². The topological polar surface area (TPSA) is 146 Å². The maximum atomic E-state index is 14.6. The van der Waals surface area contributed by atoms with Crippen LogP contribution in [0.1, 0.15) is 103 Å². The minimum absolute atomic E-state index is 0.00575. The van der Waals surface area contributed by atoms with Gasteiger partial charge < -0.3 is 25.7 Å². The molecule has 15 heteroatoms. The van der Waals surface area contributed by atoms with E-state index in [-0.39, 0.29) is 50.0 Å². The molecule has 286 valence electrons. The van der Waals surface area contributed by atoms with Crippen LogP contribution in [0.25, 0.3) is 0 Å². The maximum absolute atomic E-state index is 14.6. The first kappa shape index (κ1) is 39.5. The van der Waals surface area contributed by atoms with Crippen LogP contribution >= 0.6 is 11.6 Å². The van der Waals surface area contributed by atoms with Gasteiger partial charge in [0.15, 0.2) is 5.60 Å². The van der Waals surface area contributed by atoms with Crippen LogP contribution in [0, 0.1) is 17.3 Å². The largest absolute Gasteiger partial charge is 0.405 e. The van der Waals surface area contributed by atoms with E-state index in [1.54, 1.807) is 23.5 Å². The van der Waals surface area contributed by atoms with Gasteiger partial charge in [-0.25, -0.2) is 0 Å². The molecule has 0 unspecified atom stereocenters. The van der Waals surface area contributed by atoms with Gasteiger partial charge >= 0.3 is 6.18 Å². The molecule has 2 heterocycles. The van der Waals surface area contributed by atoms with E-state index in [2.05, 4.69) is 15.8 Å². The van der Waals surface area contributed by atoms with Gasteiger partial charge in [0.25, 0.3) is 5.91 Å². The molecule has 4 amide bonds. The van der Waals surface area contributed by atoms with Crippen molar-refractivity contribution in [2.75, 3.05) is 13.1 Å². The zero-order valence-corrected chi connectivity index (χ0v) is 30.7. The van der Waals surface area contributed by atoms with Gasteiger partial charge in [0, 0.05) is 29.8 Å². The lowest BCUT2D eigenvalue weighted by Gasteiger charge is -2.36. The molecule has 0 radical (unpaired) electrons. The van der Waals surface area contributed by atoms with Crippen molar-refractivity contribution in [3.63, 3.8) is 0 Å². The molecule has 4 aliphatic rings. The molecular weight excluding hydrogens is 703 g/mol. The van der Waals surface area contributed by atoms with Gasteiger partial charge in [-0.2, -0.15) is 13.2 Å². The summed E-state index contributed by atoms with van der Waals surface area (Å²) in [5.74, 6) is -3.96. The lowest BCUT2D eigenvalue weighted by Crippen LogP contribution is -2.59. The molecule has 1 aromatic carbocycles. The Kier molecular flexibility index (Phi) is 12.3. The van der Waals surface area contributed by atoms with Crippen molar-refractivity contribution in [1.82, 2.24) is 20.9 Å². The van der Waals surface area contributed by atoms with Crippen molar-refractivity contribution >= 4 is 46.7 Å². The number of rotatable bonds is 12. The normalized spacial score (nSPS) is 23.6. The summed E-state index contributed by atoms with van der Waals surface area (Å²) in [5, 5.41) is 12.0. The molecule has 0 aromatic heterocycles. The summed E-state index contributed by atoms with van der Waals surface area (Å²) in [4.78, 5) is 75.3. The zero-order chi connectivity index (χ0) is 37.8. The number of nitrogens with one attached hydrogen (secondary N) is 3. The first-order chi connectivity index (χ1) is 24.4. The molecular formula is C37H49ClF3N5O6. The number of benzene rings is 1. The van der Waals surface area contributed by atoms with Gasteiger partial charge in [-0.1, -0.05) is 88.2 Å². The average molecular weight is 752 g/mol. The third kappa shape index (κ3) is 10.0. The molecule has 0 bridgehead atoms. The number of oxime groups is 1. The minimum atomic E-state index is -4.73. The second-order valence-corrected chi connectivity index (χ2v) is 16.5. The zero-order valence-electron chi connectivity index (χ0n) is 30.0. The third-order valence-corrected chi connectivity index (χ3v) is 10.9. The Bertz CT molecular complexity index is 1550. The summed E-state index contributed by atoms with van der Waals surface area (Å²) in [6.07, 6.45) is 3.32. The van der Waals surface area contributed by atoms with Crippen LogP contribution in [-0.4, -0.2) is 83.0 Å². The lowest BCUT2D eigenvalue weighted by molar-refractivity contribution is -0.148. The Labute approximate surface area is 307 Å². The van der Waals surface area contributed by atoms with E-state index in [1.165, 1.54) is 4.90 Å². The predicted octanol–water partition coefficient (Wildman–Crippen LogP) is 5.23. The molecule has 52 heavy (non-hydrogen) atoms. The van der Waals surface area contributed by atoms with E-state index in [0.29, 0.717) is 16.3 Å². The summed E-state index contributed by atoms with van der Waals surface area (Å²) in [7, 11) is 0. The van der Waals surface area contributed by atoms with Crippen LogP contribution in [0.4, 0.5) is 13.2 Å². The highest BCUT2D eigenvalue weighted by Gasteiger charge is 2.56. The number of hydrogen-bond acceptors (Lipinski definition) is 7. The molecule has 2 saturated carbocycles. The molecule has 3 N–H and O–H groups in total. The number of amides is 4. The van der Waals surface area contributed by atoms with Crippen molar-refractivity contribution < 1.29 is 42.0 Å². The molecule has 1 spiro atoms. The number of halogens is 4. The van der Waals surface area contributed by atoms with Crippen LogP contribution < -0.4 is 16.0 Å². The summed E-state index contributed by atoms with van der Waals surface area (Å²) in [6, 6.07) is 3.38. The highest BCUT2D eigenvalue weighted by atomic mass is 35.5. The summed E-state index contributed by atoms with van der Waals surface area (Å²) >= 11 is 6.23. The smallest absolute Gasteiger partial charge is 0.387 e. The fraction of sp³-hybridized carbons (Fsp3) is 0.676. The molecule has 11 nitrogen and oxygen atoms in total. The molecule has 1 saturated heterocycles. The van der Waals surface area contributed by atoms with Crippen LogP contribution in [0.3, 0.4) is 0 Å². The molecule has 2 aliphatic carbocycles. The first-order valence-corrected chi connectivity index (χ1v) is 18.6. The number of carbonyl (C=O) groups excluding carboxylic acids is 5. The molecule has 2 aliphatic heterocycles. The number of Topliss-reactive ketones (excluding diaryl/α,β-unsaturated/α-hetero) is 1. The van der Waals surface area contributed by atoms with E-state index < -0.39 is 65.4 Å². The summed E-state index contributed by atoms with van der Waals surface area (Å²) < 4.78 is 38.5. The monoisotopic (exact) mass is 751 g/mol. The Morgan fingerprint density at radius 2 is 1.69 bits per heavy atom. The highest BCUT2D eigenvalue weighted by Crippen LogP contribution is 2.40. The second-order valence-electron chi connectivity index (χ2n) is 16.0. The Morgan fingerprint density at radius 1 is 1.00 bits per heavy atom. The van der Waals surface area contributed by atoms with Crippen LogP contribution in [0.5, 0.6) is 0 Å². The van der Waals surface area contributed by atoms with Crippen LogP contribution in [-0.2, 0) is 28.8 Å². The van der Waals surface area contributed by atoms with Gasteiger partial charge in [-0.3, -0.25) is 24.0 Å². The number of likely N-dealkylation sites (tertiary alicyclic amines) is 1. The van der Waals surface area contributed by atoms with Gasteiger partial charge in [0.05, 0.1) is 18.3 Å². The van der Waals surface area contributed by atoms with Gasteiger partial charge in [-0.15, -0.1) is 0 Å². The van der Waals surface area contributed by atoms with Gasteiger partial charge in [0.1, 0.15) is 18.6 Å². The van der Waals surface area contributed by atoms with Crippen LogP contribution in [0.15, 0.2) is 29.4 Å². The summed E-state index contributed by atoms with van der Waals surface area (Å²) in [5.41, 5.74) is -0.646. The Morgan fingerprint density at radius 3 is 2.31 bits per heavy atom. The molecule has 3 fully saturated rings. The molecule has 1 aromatic rings. The lowest BCUT2D eigenvalue weighted by atomic mass is 9.80. The average Bonchev–Trinajstić information content (AvgIpc) is 3.66. The SMILES string of the molecule is CC(C)(C)[C@H](NC(=O)CC1CCCCC1)C(=O)N1C[C@@]2(CC(c3cccc(Cl)c3)=NO2)C[C@H]1C(=O)N[C@@H](CC1CCC1)C(=O)C(=O)NCC(F)(F)F. The third-order valence-electron chi connectivity index (χ3n) is 10.7. The second kappa shape index (κ2) is 16.1. The van der Waals surface area contributed by atoms with E-state index in [9.17, 15) is 37.1 Å². The number of hydrogen-bond donors (Lipinski definition) is 3. The first-order valence-electron chi connectivity index (χ1n) is 18.2. The van der Waals surface area contributed by atoms with Gasteiger partial charge in [0.2, 0.25) is 23.5 Å². The number of ketones is 1. The number of nitrogens with zero attached hydrogens (tertiary/aromatic N) is 2. The fourth-order valence-electron chi connectivity index (χ4n) is 7.63. The summed E-state index contributed by atoms with van der Waals surface area (Å²) in [6.45, 7) is 3.68. The van der Waals surface area contributed by atoms with Crippen molar-refractivity contribution in [3.8, 4) is 0 Å². The standard InChI is InChI=1S/C37H49ClF3N5O6/c1-35(2,3)31(44-29(47)16-23-9-5-4-6-10-23)34(51)46-21-36(18-27(45-52-36)24-13-8-14-25(38)17-24)19-28(46)32(49)43-26(15-22-11-7-12-22)30(48)33(50)42-20-37(39,40)41/h8,13-14,17,22-23,26,28,31H,4-7,9-12,15-16,18-21H2,1-3H3,(H,42,50)(H,43,49)(H,44,47)/t26-,28-,31+,36+/m0/s1. The van der Waals surface area contributed by atoms with Crippen molar-refractivity contribution in [1.29, 1.82) is 0 Å².